The van der Waals surface area contributed by atoms with E-state index in [1.807, 2.05) is 84.9 Å². The molecule has 0 saturated heterocycles. The first-order valence-corrected chi connectivity index (χ1v) is 9.07. The Hall–Kier alpha value is -3.11. The van der Waals surface area contributed by atoms with Gasteiger partial charge in [-0.2, -0.15) is 5.11 Å². The molecule has 26 heavy (non-hydrogen) atoms. The Morgan fingerprint density at radius 3 is 2.27 bits per heavy atom. The Morgan fingerprint density at radius 2 is 1.38 bits per heavy atom. The third kappa shape index (κ3) is 3.46. The first-order valence-electron chi connectivity index (χ1n) is 8.26. The van der Waals surface area contributed by atoms with Crippen molar-refractivity contribution in [3.05, 3.63) is 91.0 Å². The molecule has 0 saturated carbocycles. The summed E-state index contributed by atoms with van der Waals surface area (Å²) < 4.78 is 0. The van der Waals surface area contributed by atoms with Gasteiger partial charge in [0.15, 0.2) is 0 Å². The lowest BCUT2D eigenvalue weighted by molar-refractivity contribution is 0.464. The van der Waals surface area contributed by atoms with E-state index in [-0.39, 0.29) is 5.75 Å². The number of rotatable bonds is 4. The minimum Gasteiger partial charge on any atom is -0.507 e. The smallest absolute Gasteiger partial charge is 0.130 e. The monoisotopic (exact) mass is 356 g/mol. The summed E-state index contributed by atoms with van der Waals surface area (Å²) in [5, 5.41) is 21.2. The van der Waals surface area contributed by atoms with Crippen LogP contribution in [-0.4, -0.2) is 5.11 Å². The molecule has 0 aliphatic rings. The first kappa shape index (κ1) is 16.4. The van der Waals surface area contributed by atoms with Crippen LogP contribution in [-0.2, 0) is 0 Å². The lowest BCUT2D eigenvalue weighted by Gasteiger charge is -2.10. The molecule has 0 fully saturated rings. The predicted molar refractivity (Wildman–Crippen MR) is 107 cm³/mol. The highest BCUT2D eigenvalue weighted by Gasteiger charge is 2.11. The van der Waals surface area contributed by atoms with Crippen LogP contribution in [0.4, 0.5) is 11.4 Å². The normalized spacial score (nSPS) is 11.2. The average Bonchev–Trinajstić information content (AvgIpc) is 2.70. The first-order chi connectivity index (χ1) is 12.8. The molecule has 0 amide bonds. The Balaban J connectivity index is 1.72. The number of benzene rings is 4. The van der Waals surface area contributed by atoms with Crippen LogP contribution in [0.25, 0.3) is 10.8 Å². The fourth-order valence-electron chi connectivity index (χ4n) is 2.68. The average molecular weight is 356 g/mol. The molecular weight excluding hydrogens is 340 g/mol. The van der Waals surface area contributed by atoms with Crippen molar-refractivity contribution in [2.45, 2.75) is 9.79 Å². The molecular formula is C22H16N2OS. The van der Waals surface area contributed by atoms with Crippen LogP contribution in [0.2, 0.25) is 0 Å². The standard InChI is InChI=1S/C22H16N2OS/c25-20-15-14-16-8-4-5-11-18(16)22(20)26-21-13-7-6-12-19(21)24-23-17-9-2-1-3-10-17/h1-15,25H. The summed E-state index contributed by atoms with van der Waals surface area (Å²) in [5.74, 6) is 0.267. The van der Waals surface area contributed by atoms with E-state index in [0.717, 1.165) is 31.9 Å². The molecule has 0 heterocycles. The van der Waals surface area contributed by atoms with Gasteiger partial charge in [-0.05, 0) is 41.1 Å². The fourth-order valence-corrected chi connectivity index (χ4v) is 3.73. The molecule has 4 aromatic carbocycles. The number of hydrogen-bond acceptors (Lipinski definition) is 4. The molecule has 4 aromatic rings. The van der Waals surface area contributed by atoms with Gasteiger partial charge in [0, 0.05) is 4.90 Å². The zero-order chi connectivity index (χ0) is 17.8. The Labute approximate surface area is 156 Å². The van der Waals surface area contributed by atoms with Crippen LogP contribution < -0.4 is 0 Å². The number of phenolic OH excluding ortho intramolecular Hbond substituents is 1. The summed E-state index contributed by atoms with van der Waals surface area (Å²) in [4.78, 5) is 1.77. The number of fused-ring (bicyclic) bond motifs is 1. The zero-order valence-electron chi connectivity index (χ0n) is 13.9. The van der Waals surface area contributed by atoms with Crippen molar-refractivity contribution >= 4 is 33.9 Å². The van der Waals surface area contributed by atoms with Gasteiger partial charge in [0.05, 0.1) is 16.3 Å². The second-order valence-corrected chi connectivity index (χ2v) is 6.79. The van der Waals surface area contributed by atoms with Crippen LogP contribution in [0.5, 0.6) is 5.75 Å². The summed E-state index contributed by atoms with van der Waals surface area (Å²) in [5.41, 5.74) is 1.58. The van der Waals surface area contributed by atoms with E-state index in [1.54, 1.807) is 6.07 Å². The molecule has 0 unspecified atom stereocenters. The van der Waals surface area contributed by atoms with Gasteiger partial charge >= 0.3 is 0 Å². The molecule has 0 atom stereocenters. The third-order valence-corrected chi connectivity index (χ3v) is 5.16. The maximum absolute atomic E-state index is 10.4. The van der Waals surface area contributed by atoms with Gasteiger partial charge < -0.3 is 5.11 Å². The van der Waals surface area contributed by atoms with Crippen LogP contribution in [0.15, 0.2) is 111 Å². The van der Waals surface area contributed by atoms with Gasteiger partial charge in [-0.3, -0.25) is 0 Å². The largest absolute Gasteiger partial charge is 0.507 e. The van der Waals surface area contributed by atoms with E-state index in [1.165, 1.54) is 11.8 Å². The van der Waals surface area contributed by atoms with Crippen molar-refractivity contribution in [2.75, 3.05) is 0 Å². The molecule has 0 bridgehead atoms. The van der Waals surface area contributed by atoms with Gasteiger partial charge in [0.2, 0.25) is 0 Å². The van der Waals surface area contributed by atoms with E-state index in [0.29, 0.717) is 0 Å². The molecule has 3 nitrogen and oxygen atoms in total. The minimum atomic E-state index is 0.267. The van der Waals surface area contributed by atoms with Crippen molar-refractivity contribution in [2.24, 2.45) is 10.2 Å². The van der Waals surface area contributed by atoms with Gasteiger partial charge in [0.25, 0.3) is 0 Å². The molecule has 0 radical (unpaired) electrons. The SMILES string of the molecule is Oc1ccc2ccccc2c1Sc1ccccc1N=Nc1ccccc1. The van der Waals surface area contributed by atoms with Gasteiger partial charge in [-0.1, -0.05) is 72.4 Å². The van der Waals surface area contributed by atoms with E-state index in [2.05, 4.69) is 10.2 Å². The summed E-state index contributed by atoms with van der Waals surface area (Å²) in [7, 11) is 0. The molecule has 0 spiro atoms. The molecule has 0 aliphatic carbocycles. The Morgan fingerprint density at radius 1 is 0.654 bits per heavy atom. The van der Waals surface area contributed by atoms with Crippen LogP contribution in [0, 0.1) is 0 Å². The van der Waals surface area contributed by atoms with Crippen molar-refractivity contribution in [3.63, 3.8) is 0 Å². The molecule has 0 aromatic heterocycles. The molecule has 0 aliphatic heterocycles. The molecule has 4 heteroatoms. The van der Waals surface area contributed by atoms with Crippen molar-refractivity contribution in [3.8, 4) is 5.75 Å². The Kier molecular flexibility index (Phi) is 4.67. The number of nitrogens with zero attached hydrogens (tertiary/aromatic N) is 2. The quantitative estimate of drug-likeness (QED) is 0.396. The highest BCUT2D eigenvalue weighted by atomic mass is 32.2. The molecule has 4 rings (SSSR count). The fraction of sp³-hybridized carbons (Fsp3) is 0. The molecule has 126 valence electrons. The van der Waals surface area contributed by atoms with Gasteiger partial charge in [-0.15, -0.1) is 5.11 Å². The van der Waals surface area contributed by atoms with Crippen LogP contribution in [0.3, 0.4) is 0 Å². The zero-order valence-corrected chi connectivity index (χ0v) is 14.7. The Bertz CT molecular complexity index is 1080. The maximum Gasteiger partial charge on any atom is 0.130 e. The minimum absolute atomic E-state index is 0.267. The molecule has 1 N–H and O–H groups in total. The topological polar surface area (TPSA) is 45.0 Å². The highest BCUT2D eigenvalue weighted by molar-refractivity contribution is 7.99. The predicted octanol–water partition coefficient (Wildman–Crippen LogP) is 7.11. The highest BCUT2D eigenvalue weighted by Crippen LogP contribution is 2.43. The van der Waals surface area contributed by atoms with E-state index in [4.69, 9.17) is 0 Å². The number of aromatic hydroxyl groups is 1. The summed E-state index contributed by atoms with van der Waals surface area (Å²) in [6, 6.07) is 29.2. The van der Waals surface area contributed by atoms with E-state index >= 15 is 0 Å². The van der Waals surface area contributed by atoms with E-state index < -0.39 is 0 Å². The van der Waals surface area contributed by atoms with Crippen molar-refractivity contribution in [1.82, 2.24) is 0 Å². The second kappa shape index (κ2) is 7.42. The third-order valence-electron chi connectivity index (χ3n) is 3.97. The van der Waals surface area contributed by atoms with Gasteiger partial charge in [0.1, 0.15) is 5.75 Å². The summed E-state index contributed by atoms with van der Waals surface area (Å²) >= 11 is 1.50. The summed E-state index contributed by atoms with van der Waals surface area (Å²) in [6.07, 6.45) is 0. The van der Waals surface area contributed by atoms with E-state index in [9.17, 15) is 5.11 Å². The number of phenols is 1. The lowest BCUT2D eigenvalue weighted by atomic mass is 10.1. The lowest BCUT2D eigenvalue weighted by Crippen LogP contribution is -1.81. The van der Waals surface area contributed by atoms with Crippen LogP contribution >= 0.6 is 11.8 Å². The van der Waals surface area contributed by atoms with Gasteiger partial charge in [-0.25, -0.2) is 0 Å². The summed E-state index contributed by atoms with van der Waals surface area (Å²) in [6.45, 7) is 0. The van der Waals surface area contributed by atoms with Crippen molar-refractivity contribution < 1.29 is 5.11 Å². The van der Waals surface area contributed by atoms with Crippen LogP contribution in [0.1, 0.15) is 0 Å². The maximum atomic E-state index is 10.4. The number of hydrogen-bond donors (Lipinski definition) is 1. The number of azo groups is 1. The van der Waals surface area contributed by atoms with Crippen molar-refractivity contribution in [1.29, 1.82) is 0 Å². The second-order valence-electron chi connectivity index (χ2n) is 5.74.